The van der Waals surface area contributed by atoms with E-state index < -0.39 is 0 Å². The van der Waals surface area contributed by atoms with Crippen molar-refractivity contribution in [3.63, 3.8) is 0 Å². The molecule has 0 amide bonds. The van der Waals surface area contributed by atoms with Gasteiger partial charge < -0.3 is 0 Å². The molecule has 1 heterocycles. The van der Waals surface area contributed by atoms with Gasteiger partial charge in [0, 0.05) is 12.4 Å². The van der Waals surface area contributed by atoms with E-state index in [1.165, 1.54) is 33.4 Å². The Kier molecular flexibility index (Phi) is 2.97. The number of aromatic nitrogens is 2. The SMILES string of the molecule is CC1=Cc2c(cc(-n3cccn3)cc2-c2ccc(C)cc2)C1. The second-order valence-electron chi connectivity index (χ2n) is 6.05. The van der Waals surface area contributed by atoms with Crippen LogP contribution in [0.25, 0.3) is 22.9 Å². The highest BCUT2D eigenvalue weighted by atomic mass is 15.3. The van der Waals surface area contributed by atoms with Crippen LogP contribution in [0.5, 0.6) is 0 Å². The highest BCUT2D eigenvalue weighted by molar-refractivity contribution is 5.82. The summed E-state index contributed by atoms with van der Waals surface area (Å²) in [6.45, 7) is 4.32. The van der Waals surface area contributed by atoms with Gasteiger partial charge in [-0.3, -0.25) is 0 Å². The minimum Gasteiger partial charge on any atom is -0.241 e. The second kappa shape index (κ2) is 4.99. The fraction of sp³-hybridized carbons (Fsp3) is 0.150. The summed E-state index contributed by atoms with van der Waals surface area (Å²) < 4.78 is 1.94. The van der Waals surface area contributed by atoms with E-state index in [0.717, 1.165) is 12.1 Å². The summed E-state index contributed by atoms with van der Waals surface area (Å²) in [5.74, 6) is 0. The highest BCUT2D eigenvalue weighted by Crippen LogP contribution is 2.36. The first-order valence-electron chi connectivity index (χ1n) is 7.62. The third-order valence-electron chi connectivity index (χ3n) is 4.24. The van der Waals surface area contributed by atoms with Gasteiger partial charge in [0.15, 0.2) is 0 Å². The Labute approximate surface area is 130 Å². The third-order valence-corrected chi connectivity index (χ3v) is 4.24. The second-order valence-corrected chi connectivity index (χ2v) is 6.05. The molecule has 1 aromatic heterocycles. The lowest BCUT2D eigenvalue weighted by Crippen LogP contribution is -1.98. The molecule has 0 N–H and O–H groups in total. The standard InChI is InChI=1S/C20H18N2/c1-14-4-6-16(7-5-14)20-13-18(22-9-3-8-21-22)12-17-10-15(2)11-19(17)20/h3-9,11-13H,10H2,1-2H3. The van der Waals surface area contributed by atoms with Gasteiger partial charge >= 0.3 is 0 Å². The fourth-order valence-electron chi connectivity index (χ4n) is 3.14. The molecule has 0 spiro atoms. The molecule has 2 nitrogen and oxygen atoms in total. The van der Waals surface area contributed by atoms with E-state index in [-0.39, 0.29) is 0 Å². The minimum atomic E-state index is 1.03. The Hall–Kier alpha value is -2.61. The molecule has 0 bridgehead atoms. The van der Waals surface area contributed by atoms with Gasteiger partial charge in [-0.05, 0) is 60.7 Å². The Balaban J connectivity index is 1.93. The number of allylic oxidation sites excluding steroid dienone is 1. The molecule has 0 saturated carbocycles. The number of nitrogens with zero attached hydrogens (tertiary/aromatic N) is 2. The summed E-state index contributed by atoms with van der Waals surface area (Å²) in [6.07, 6.45) is 7.17. The van der Waals surface area contributed by atoms with E-state index in [9.17, 15) is 0 Å². The molecule has 1 aliphatic rings. The predicted octanol–water partition coefficient (Wildman–Crippen LogP) is 4.81. The number of aryl methyl sites for hydroxylation is 1. The van der Waals surface area contributed by atoms with Gasteiger partial charge in [-0.2, -0.15) is 5.10 Å². The first kappa shape index (κ1) is 13.1. The van der Waals surface area contributed by atoms with Crippen LogP contribution in [0.1, 0.15) is 23.6 Å². The van der Waals surface area contributed by atoms with Crippen LogP contribution in [0.3, 0.4) is 0 Å². The van der Waals surface area contributed by atoms with Crippen LogP contribution in [-0.4, -0.2) is 9.78 Å². The summed E-state index contributed by atoms with van der Waals surface area (Å²) in [7, 11) is 0. The van der Waals surface area contributed by atoms with Crippen LogP contribution in [0.15, 0.2) is 60.4 Å². The lowest BCUT2D eigenvalue weighted by Gasteiger charge is -2.12. The molecule has 108 valence electrons. The molecule has 3 aromatic rings. The molecule has 1 aliphatic carbocycles. The van der Waals surface area contributed by atoms with Crippen LogP contribution < -0.4 is 0 Å². The Bertz CT molecular complexity index is 853. The van der Waals surface area contributed by atoms with E-state index in [1.807, 2.05) is 23.1 Å². The van der Waals surface area contributed by atoms with Crippen LogP contribution in [0.4, 0.5) is 0 Å². The fourth-order valence-corrected chi connectivity index (χ4v) is 3.14. The molecular formula is C20H18N2. The van der Waals surface area contributed by atoms with Gasteiger partial charge in [-0.1, -0.05) is 41.5 Å². The predicted molar refractivity (Wildman–Crippen MR) is 91.1 cm³/mol. The van der Waals surface area contributed by atoms with Crippen molar-refractivity contribution in [1.82, 2.24) is 9.78 Å². The Morgan fingerprint density at radius 1 is 1.05 bits per heavy atom. The van der Waals surface area contributed by atoms with E-state index in [2.05, 4.69) is 61.4 Å². The van der Waals surface area contributed by atoms with Crippen molar-refractivity contribution in [2.45, 2.75) is 20.3 Å². The molecule has 0 radical (unpaired) electrons. The summed E-state index contributed by atoms with van der Waals surface area (Å²) in [6, 6.07) is 15.2. The molecule has 2 aromatic carbocycles. The molecule has 0 aliphatic heterocycles. The zero-order valence-electron chi connectivity index (χ0n) is 12.9. The van der Waals surface area contributed by atoms with E-state index in [1.54, 1.807) is 0 Å². The van der Waals surface area contributed by atoms with Gasteiger partial charge in [0.1, 0.15) is 0 Å². The molecule has 0 atom stereocenters. The summed E-state index contributed by atoms with van der Waals surface area (Å²) in [4.78, 5) is 0. The van der Waals surface area contributed by atoms with Gasteiger partial charge in [-0.15, -0.1) is 0 Å². The van der Waals surface area contributed by atoms with Crippen LogP contribution >= 0.6 is 0 Å². The Morgan fingerprint density at radius 3 is 2.59 bits per heavy atom. The molecular weight excluding hydrogens is 268 g/mol. The van der Waals surface area contributed by atoms with E-state index in [0.29, 0.717) is 0 Å². The topological polar surface area (TPSA) is 17.8 Å². The maximum Gasteiger partial charge on any atom is 0.0655 e. The lowest BCUT2D eigenvalue weighted by molar-refractivity contribution is 0.878. The summed E-state index contributed by atoms with van der Waals surface area (Å²) >= 11 is 0. The van der Waals surface area contributed by atoms with Crippen molar-refractivity contribution in [3.05, 3.63) is 77.1 Å². The van der Waals surface area contributed by atoms with E-state index >= 15 is 0 Å². The molecule has 0 unspecified atom stereocenters. The Morgan fingerprint density at radius 2 is 1.86 bits per heavy atom. The number of fused-ring (bicyclic) bond motifs is 1. The van der Waals surface area contributed by atoms with Gasteiger partial charge in [0.05, 0.1) is 5.69 Å². The molecule has 22 heavy (non-hydrogen) atoms. The average molecular weight is 286 g/mol. The summed E-state index contributed by atoms with van der Waals surface area (Å²) in [5, 5.41) is 4.38. The number of hydrogen-bond acceptors (Lipinski definition) is 1. The molecule has 2 heteroatoms. The van der Waals surface area contributed by atoms with Gasteiger partial charge in [0.25, 0.3) is 0 Å². The lowest BCUT2D eigenvalue weighted by atomic mass is 9.95. The quantitative estimate of drug-likeness (QED) is 0.661. The van der Waals surface area contributed by atoms with Crippen molar-refractivity contribution in [2.75, 3.05) is 0 Å². The van der Waals surface area contributed by atoms with Crippen LogP contribution in [0.2, 0.25) is 0 Å². The molecule has 0 saturated heterocycles. The van der Waals surface area contributed by atoms with Gasteiger partial charge in [-0.25, -0.2) is 4.68 Å². The number of hydrogen-bond donors (Lipinski definition) is 0. The maximum atomic E-state index is 4.38. The molecule has 4 rings (SSSR count). The zero-order chi connectivity index (χ0) is 15.1. The smallest absolute Gasteiger partial charge is 0.0655 e. The third kappa shape index (κ3) is 2.17. The maximum absolute atomic E-state index is 4.38. The van der Waals surface area contributed by atoms with Crippen LogP contribution in [0, 0.1) is 6.92 Å². The first-order chi connectivity index (χ1) is 10.7. The number of rotatable bonds is 2. The summed E-state index contributed by atoms with van der Waals surface area (Å²) in [5.41, 5.74) is 9.14. The monoisotopic (exact) mass is 286 g/mol. The van der Waals surface area contributed by atoms with Gasteiger partial charge in [0.2, 0.25) is 0 Å². The van der Waals surface area contributed by atoms with Crippen LogP contribution in [-0.2, 0) is 6.42 Å². The first-order valence-corrected chi connectivity index (χ1v) is 7.62. The zero-order valence-corrected chi connectivity index (χ0v) is 12.9. The van der Waals surface area contributed by atoms with Crippen molar-refractivity contribution < 1.29 is 0 Å². The highest BCUT2D eigenvalue weighted by Gasteiger charge is 2.17. The van der Waals surface area contributed by atoms with Crippen molar-refractivity contribution >= 4 is 6.08 Å². The minimum absolute atomic E-state index is 1.03. The average Bonchev–Trinajstić information content (AvgIpc) is 3.15. The van der Waals surface area contributed by atoms with Crippen molar-refractivity contribution in [2.24, 2.45) is 0 Å². The van der Waals surface area contributed by atoms with Crippen molar-refractivity contribution in [1.29, 1.82) is 0 Å². The largest absolute Gasteiger partial charge is 0.241 e. The molecule has 0 fully saturated rings. The van der Waals surface area contributed by atoms with E-state index in [4.69, 9.17) is 0 Å². The van der Waals surface area contributed by atoms with Crippen molar-refractivity contribution in [3.8, 4) is 16.8 Å². The normalized spacial score (nSPS) is 13.1. The number of benzene rings is 2.